The Morgan fingerprint density at radius 3 is 2.53 bits per heavy atom. The topological polar surface area (TPSA) is 46.2 Å². The molecule has 1 aromatic rings. The van der Waals surface area contributed by atoms with Crippen LogP contribution in [0.3, 0.4) is 0 Å². The fourth-order valence-corrected chi connectivity index (χ4v) is 1.69. The molecule has 0 radical (unpaired) electrons. The van der Waals surface area contributed by atoms with E-state index in [0.717, 1.165) is 5.56 Å². The Kier molecular flexibility index (Phi) is 3.68. The van der Waals surface area contributed by atoms with Gasteiger partial charge in [0.05, 0.1) is 5.75 Å². The number of rotatable bonds is 4. The van der Waals surface area contributed by atoms with Gasteiger partial charge < -0.3 is 5.32 Å². The minimum atomic E-state index is -2.97. The standard InChI is InChI=1S/C10H14FNO2S/c1-8-5-9(11)7-10(6-8)12-3-4-15(2,13)14/h5-7,12H,3-4H2,1-2H3. The molecule has 0 aliphatic carbocycles. The molecule has 0 saturated carbocycles. The summed E-state index contributed by atoms with van der Waals surface area (Å²) in [4.78, 5) is 0. The number of halogens is 1. The van der Waals surface area contributed by atoms with Gasteiger partial charge in [0.25, 0.3) is 0 Å². The van der Waals surface area contributed by atoms with Gasteiger partial charge in [0.15, 0.2) is 0 Å². The molecule has 0 aliphatic heterocycles. The molecule has 0 fully saturated rings. The summed E-state index contributed by atoms with van der Waals surface area (Å²) in [6, 6.07) is 4.53. The van der Waals surface area contributed by atoms with Gasteiger partial charge in [0, 0.05) is 18.5 Å². The molecule has 1 N–H and O–H groups in total. The van der Waals surface area contributed by atoms with Gasteiger partial charge in [-0.1, -0.05) is 0 Å². The summed E-state index contributed by atoms with van der Waals surface area (Å²) in [6.07, 6.45) is 1.17. The maximum Gasteiger partial charge on any atom is 0.149 e. The van der Waals surface area contributed by atoms with E-state index in [9.17, 15) is 12.8 Å². The zero-order valence-electron chi connectivity index (χ0n) is 8.75. The first kappa shape index (κ1) is 12.0. The Balaban J connectivity index is 2.58. The van der Waals surface area contributed by atoms with Crippen molar-refractivity contribution >= 4 is 15.5 Å². The Morgan fingerprint density at radius 2 is 2.00 bits per heavy atom. The van der Waals surface area contributed by atoms with Gasteiger partial charge in [-0.15, -0.1) is 0 Å². The average Bonchev–Trinajstić information content (AvgIpc) is 1.99. The van der Waals surface area contributed by atoms with Crippen molar-refractivity contribution in [2.24, 2.45) is 0 Å². The van der Waals surface area contributed by atoms with Crippen LogP contribution in [0.15, 0.2) is 18.2 Å². The summed E-state index contributed by atoms with van der Waals surface area (Å²) in [6.45, 7) is 2.08. The van der Waals surface area contributed by atoms with Crippen LogP contribution >= 0.6 is 0 Å². The molecule has 0 spiro atoms. The highest BCUT2D eigenvalue weighted by atomic mass is 32.2. The summed E-state index contributed by atoms with van der Waals surface area (Å²) < 4.78 is 34.6. The average molecular weight is 231 g/mol. The van der Waals surface area contributed by atoms with Gasteiger partial charge in [0.1, 0.15) is 15.7 Å². The van der Waals surface area contributed by atoms with E-state index in [2.05, 4.69) is 5.32 Å². The second-order valence-electron chi connectivity index (χ2n) is 3.57. The van der Waals surface area contributed by atoms with E-state index in [4.69, 9.17) is 0 Å². The molecule has 3 nitrogen and oxygen atoms in total. The van der Waals surface area contributed by atoms with Crippen LogP contribution in [0.25, 0.3) is 0 Å². The van der Waals surface area contributed by atoms with Crippen LogP contribution in [0.4, 0.5) is 10.1 Å². The summed E-state index contributed by atoms with van der Waals surface area (Å²) in [5.41, 5.74) is 1.41. The van der Waals surface area contributed by atoms with Crippen molar-refractivity contribution in [3.05, 3.63) is 29.6 Å². The van der Waals surface area contributed by atoms with E-state index in [1.54, 1.807) is 13.0 Å². The number of sulfone groups is 1. The van der Waals surface area contributed by atoms with Crippen molar-refractivity contribution in [3.63, 3.8) is 0 Å². The van der Waals surface area contributed by atoms with E-state index in [1.165, 1.54) is 18.4 Å². The van der Waals surface area contributed by atoms with Gasteiger partial charge in [0.2, 0.25) is 0 Å². The smallest absolute Gasteiger partial charge is 0.149 e. The largest absolute Gasteiger partial charge is 0.384 e. The fraction of sp³-hybridized carbons (Fsp3) is 0.400. The van der Waals surface area contributed by atoms with Gasteiger partial charge in [-0.3, -0.25) is 0 Å². The maximum atomic E-state index is 12.9. The van der Waals surface area contributed by atoms with Crippen molar-refractivity contribution in [1.29, 1.82) is 0 Å². The van der Waals surface area contributed by atoms with Gasteiger partial charge in [-0.25, -0.2) is 12.8 Å². The van der Waals surface area contributed by atoms with Crippen LogP contribution in [0.1, 0.15) is 5.56 Å². The van der Waals surface area contributed by atoms with Gasteiger partial charge in [-0.05, 0) is 30.7 Å². The maximum absolute atomic E-state index is 12.9. The fourth-order valence-electron chi connectivity index (χ4n) is 1.22. The second-order valence-corrected chi connectivity index (χ2v) is 5.83. The molecular weight excluding hydrogens is 217 g/mol. The molecule has 0 aliphatic rings. The number of aryl methyl sites for hydroxylation is 1. The monoisotopic (exact) mass is 231 g/mol. The van der Waals surface area contributed by atoms with Crippen molar-refractivity contribution in [3.8, 4) is 0 Å². The molecule has 1 rings (SSSR count). The highest BCUT2D eigenvalue weighted by molar-refractivity contribution is 7.90. The van der Waals surface area contributed by atoms with Crippen molar-refractivity contribution < 1.29 is 12.8 Å². The first-order chi connectivity index (χ1) is 6.87. The number of hydrogen-bond acceptors (Lipinski definition) is 3. The lowest BCUT2D eigenvalue weighted by atomic mass is 10.2. The zero-order valence-corrected chi connectivity index (χ0v) is 9.57. The normalized spacial score (nSPS) is 11.4. The quantitative estimate of drug-likeness (QED) is 0.856. The highest BCUT2D eigenvalue weighted by Gasteiger charge is 2.02. The highest BCUT2D eigenvalue weighted by Crippen LogP contribution is 2.12. The third kappa shape index (κ3) is 4.78. The number of nitrogens with one attached hydrogen (secondary N) is 1. The molecule has 15 heavy (non-hydrogen) atoms. The Bertz CT molecular complexity index is 422. The minimum Gasteiger partial charge on any atom is -0.384 e. The molecule has 0 amide bonds. The number of benzene rings is 1. The second kappa shape index (κ2) is 4.61. The van der Waals surface area contributed by atoms with E-state index in [-0.39, 0.29) is 11.6 Å². The van der Waals surface area contributed by atoms with Gasteiger partial charge in [-0.2, -0.15) is 0 Å². The lowest BCUT2D eigenvalue weighted by molar-refractivity contribution is 0.602. The van der Waals surface area contributed by atoms with Crippen LogP contribution in [-0.2, 0) is 9.84 Å². The van der Waals surface area contributed by atoms with Crippen LogP contribution in [0.5, 0.6) is 0 Å². The number of hydrogen-bond donors (Lipinski definition) is 1. The Labute approximate surface area is 89.2 Å². The Morgan fingerprint density at radius 1 is 1.33 bits per heavy atom. The predicted molar refractivity (Wildman–Crippen MR) is 59.3 cm³/mol. The molecule has 84 valence electrons. The molecule has 1 aromatic carbocycles. The zero-order chi connectivity index (χ0) is 11.5. The molecule has 0 heterocycles. The predicted octanol–water partition coefficient (Wildman–Crippen LogP) is 1.59. The molecular formula is C10H14FNO2S. The van der Waals surface area contributed by atoms with Gasteiger partial charge >= 0.3 is 0 Å². The van der Waals surface area contributed by atoms with Crippen molar-refractivity contribution in [2.75, 3.05) is 23.9 Å². The van der Waals surface area contributed by atoms with E-state index >= 15 is 0 Å². The van der Waals surface area contributed by atoms with E-state index in [0.29, 0.717) is 12.2 Å². The molecule has 0 unspecified atom stereocenters. The van der Waals surface area contributed by atoms with Crippen molar-refractivity contribution in [1.82, 2.24) is 0 Å². The van der Waals surface area contributed by atoms with E-state index < -0.39 is 9.84 Å². The first-order valence-electron chi connectivity index (χ1n) is 4.55. The van der Waals surface area contributed by atoms with Crippen LogP contribution < -0.4 is 5.32 Å². The molecule has 5 heteroatoms. The van der Waals surface area contributed by atoms with Crippen LogP contribution in [0, 0.1) is 12.7 Å². The lowest BCUT2D eigenvalue weighted by Crippen LogP contribution is -2.14. The Hall–Kier alpha value is -1.10. The first-order valence-corrected chi connectivity index (χ1v) is 6.62. The minimum absolute atomic E-state index is 0.0442. The summed E-state index contributed by atoms with van der Waals surface area (Å²) in [5, 5.41) is 2.86. The summed E-state index contributed by atoms with van der Waals surface area (Å²) in [7, 11) is -2.97. The number of anilines is 1. The van der Waals surface area contributed by atoms with E-state index in [1.807, 2.05) is 0 Å². The SMILES string of the molecule is Cc1cc(F)cc(NCCS(C)(=O)=O)c1. The van der Waals surface area contributed by atoms with Crippen LogP contribution in [-0.4, -0.2) is 27.0 Å². The van der Waals surface area contributed by atoms with Crippen molar-refractivity contribution in [2.45, 2.75) is 6.92 Å². The molecule has 0 aromatic heterocycles. The third-order valence-electron chi connectivity index (χ3n) is 1.84. The molecule has 0 saturated heterocycles. The third-order valence-corrected chi connectivity index (χ3v) is 2.79. The lowest BCUT2D eigenvalue weighted by Gasteiger charge is -2.06. The molecule has 0 atom stereocenters. The molecule has 0 bridgehead atoms. The van der Waals surface area contributed by atoms with Crippen LogP contribution in [0.2, 0.25) is 0 Å². The summed E-state index contributed by atoms with van der Waals surface area (Å²) in [5.74, 6) is -0.278. The summed E-state index contributed by atoms with van der Waals surface area (Å²) >= 11 is 0.